The summed E-state index contributed by atoms with van der Waals surface area (Å²) in [6.07, 6.45) is 1.45. The molecule has 3 N–H and O–H groups in total. The summed E-state index contributed by atoms with van der Waals surface area (Å²) in [5, 5.41) is 9.19. The molecule has 10 heteroatoms. The van der Waals surface area contributed by atoms with E-state index in [0.29, 0.717) is 35.1 Å². The van der Waals surface area contributed by atoms with E-state index in [1.807, 2.05) is 61.5 Å². The topological polar surface area (TPSA) is 121 Å². The van der Waals surface area contributed by atoms with Crippen molar-refractivity contribution in [3.8, 4) is 11.4 Å². The third kappa shape index (κ3) is 7.83. The van der Waals surface area contributed by atoms with Crippen LogP contribution < -0.4 is 16.0 Å². The molecular formula is C34H39N7O3. The van der Waals surface area contributed by atoms with Crippen LogP contribution in [0.15, 0.2) is 73.1 Å². The lowest BCUT2D eigenvalue weighted by Gasteiger charge is -2.26. The van der Waals surface area contributed by atoms with Gasteiger partial charge in [0.15, 0.2) is 5.82 Å². The van der Waals surface area contributed by atoms with Crippen molar-refractivity contribution in [3.05, 3.63) is 95.3 Å². The maximum absolute atomic E-state index is 13.0. The minimum atomic E-state index is -0.182. The lowest BCUT2D eigenvalue weighted by atomic mass is 9.86. The summed E-state index contributed by atoms with van der Waals surface area (Å²) in [5.74, 6) is 0.543. The van der Waals surface area contributed by atoms with Crippen LogP contribution in [-0.4, -0.2) is 71.1 Å². The number of morpholine rings is 1. The lowest BCUT2D eigenvalue weighted by Crippen LogP contribution is -2.41. The van der Waals surface area contributed by atoms with Gasteiger partial charge in [0.25, 0.3) is 11.8 Å². The molecular weight excluding hydrogens is 554 g/mol. The van der Waals surface area contributed by atoms with Crippen molar-refractivity contribution in [1.29, 1.82) is 0 Å². The summed E-state index contributed by atoms with van der Waals surface area (Å²) in [7, 11) is 0. The number of anilines is 3. The van der Waals surface area contributed by atoms with Gasteiger partial charge in [-0.15, -0.1) is 0 Å². The first-order chi connectivity index (χ1) is 21.2. The minimum Gasteiger partial charge on any atom is -0.379 e. The van der Waals surface area contributed by atoms with Crippen molar-refractivity contribution in [2.75, 3.05) is 50.0 Å². The summed E-state index contributed by atoms with van der Waals surface area (Å²) >= 11 is 0. The molecule has 4 aromatic rings. The molecule has 1 aliphatic rings. The summed E-state index contributed by atoms with van der Waals surface area (Å²) in [4.78, 5) is 41.1. The predicted octanol–water partition coefficient (Wildman–Crippen LogP) is 5.20. The molecule has 2 heterocycles. The largest absolute Gasteiger partial charge is 0.379 e. The molecule has 5 rings (SSSR count). The van der Waals surface area contributed by atoms with Crippen LogP contribution >= 0.6 is 0 Å². The average molecular weight is 594 g/mol. The van der Waals surface area contributed by atoms with Crippen LogP contribution in [0.1, 0.15) is 52.6 Å². The molecule has 1 aliphatic heterocycles. The van der Waals surface area contributed by atoms with Crippen molar-refractivity contribution < 1.29 is 14.3 Å². The summed E-state index contributed by atoms with van der Waals surface area (Å²) < 4.78 is 5.36. The maximum Gasteiger partial charge on any atom is 0.255 e. The zero-order valence-corrected chi connectivity index (χ0v) is 25.7. The SMILES string of the molecule is Cc1c(NC(=O)c2ccc(C(C)(C)C)cc2)cccc1-c1ncnc(Nc2ccc(C(=O)NCCN3CCOCC3)cc2)n1. The number of rotatable bonds is 9. The number of hydrogen-bond acceptors (Lipinski definition) is 8. The second-order valence-corrected chi connectivity index (χ2v) is 11.8. The van der Waals surface area contributed by atoms with Crippen molar-refractivity contribution in [1.82, 2.24) is 25.2 Å². The van der Waals surface area contributed by atoms with Crippen molar-refractivity contribution in [2.45, 2.75) is 33.1 Å². The van der Waals surface area contributed by atoms with Crippen LogP contribution in [0.4, 0.5) is 17.3 Å². The Balaban J connectivity index is 1.21. The van der Waals surface area contributed by atoms with Crippen molar-refractivity contribution in [2.24, 2.45) is 0 Å². The van der Waals surface area contributed by atoms with Gasteiger partial charge in [0.2, 0.25) is 5.95 Å². The Morgan fingerprint density at radius 2 is 1.57 bits per heavy atom. The predicted molar refractivity (Wildman–Crippen MR) is 172 cm³/mol. The maximum atomic E-state index is 13.0. The van der Waals surface area contributed by atoms with Gasteiger partial charge < -0.3 is 20.7 Å². The first-order valence-electron chi connectivity index (χ1n) is 14.8. The minimum absolute atomic E-state index is 0.0152. The molecule has 1 fully saturated rings. The molecule has 0 unspecified atom stereocenters. The second-order valence-electron chi connectivity index (χ2n) is 11.8. The molecule has 0 atom stereocenters. The van der Waals surface area contributed by atoms with Crippen LogP contribution in [-0.2, 0) is 10.2 Å². The normalized spacial score (nSPS) is 13.7. The Morgan fingerprint density at radius 3 is 2.27 bits per heavy atom. The Kier molecular flexibility index (Phi) is 9.62. The number of nitrogens with zero attached hydrogens (tertiary/aromatic N) is 4. The molecule has 0 bridgehead atoms. The van der Waals surface area contributed by atoms with E-state index in [1.165, 1.54) is 11.9 Å². The van der Waals surface area contributed by atoms with E-state index in [0.717, 1.165) is 49.7 Å². The third-order valence-corrected chi connectivity index (χ3v) is 7.63. The van der Waals surface area contributed by atoms with E-state index in [2.05, 4.69) is 56.6 Å². The van der Waals surface area contributed by atoms with E-state index in [9.17, 15) is 9.59 Å². The first kappa shape index (κ1) is 30.8. The average Bonchev–Trinajstić information content (AvgIpc) is 3.02. The fourth-order valence-electron chi connectivity index (χ4n) is 4.90. The van der Waals surface area contributed by atoms with Gasteiger partial charge in [0.1, 0.15) is 6.33 Å². The zero-order chi connectivity index (χ0) is 31.1. The molecule has 1 aromatic heterocycles. The van der Waals surface area contributed by atoms with Crippen LogP contribution in [0, 0.1) is 6.92 Å². The molecule has 1 saturated heterocycles. The fraction of sp³-hybridized carbons (Fsp3) is 0.324. The lowest BCUT2D eigenvalue weighted by molar-refractivity contribution is 0.0383. The Bertz CT molecular complexity index is 1590. The van der Waals surface area contributed by atoms with Gasteiger partial charge in [-0.05, 0) is 65.9 Å². The number of amides is 2. The molecule has 0 saturated carbocycles. The highest BCUT2D eigenvalue weighted by molar-refractivity contribution is 6.05. The smallest absolute Gasteiger partial charge is 0.255 e. The van der Waals surface area contributed by atoms with Gasteiger partial charge in [-0.3, -0.25) is 14.5 Å². The van der Waals surface area contributed by atoms with Crippen LogP contribution in [0.5, 0.6) is 0 Å². The van der Waals surface area contributed by atoms with Gasteiger partial charge in [-0.1, -0.05) is 45.0 Å². The quantitative estimate of drug-likeness (QED) is 0.242. The number of benzene rings is 3. The van der Waals surface area contributed by atoms with E-state index in [-0.39, 0.29) is 17.2 Å². The molecule has 3 aromatic carbocycles. The second kappa shape index (κ2) is 13.7. The first-order valence-corrected chi connectivity index (χ1v) is 14.8. The standard InChI is InChI=1S/C34H39N7O3/c1-23-28(6-5-7-29(23)39-32(43)25-8-12-26(13-9-25)34(2,3)4)30-36-22-37-33(40-30)38-27-14-10-24(11-15-27)31(42)35-16-17-41-18-20-44-21-19-41/h5-15,22H,16-21H2,1-4H3,(H,35,42)(H,39,43)(H,36,37,38,40). The summed E-state index contributed by atoms with van der Waals surface area (Å²) in [5.41, 5.74) is 5.39. The highest BCUT2D eigenvalue weighted by Gasteiger charge is 2.16. The number of nitrogens with one attached hydrogen (secondary N) is 3. The van der Waals surface area contributed by atoms with E-state index in [1.54, 1.807) is 12.1 Å². The van der Waals surface area contributed by atoms with E-state index < -0.39 is 0 Å². The molecule has 0 aliphatic carbocycles. The van der Waals surface area contributed by atoms with Crippen LogP contribution in [0.3, 0.4) is 0 Å². The molecule has 228 valence electrons. The highest BCUT2D eigenvalue weighted by atomic mass is 16.5. The molecule has 0 radical (unpaired) electrons. The number of hydrogen-bond donors (Lipinski definition) is 3. The zero-order valence-electron chi connectivity index (χ0n) is 25.7. The molecule has 44 heavy (non-hydrogen) atoms. The van der Waals surface area contributed by atoms with Crippen molar-refractivity contribution in [3.63, 3.8) is 0 Å². The Labute approximate surface area is 258 Å². The van der Waals surface area contributed by atoms with E-state index in [4.69, 9.17) is 4.74 Å². The molecule has 0 spiro atoms. The van der Waals surface area contributed by atoms with Gasteiger partial charge in [-0.25, -0.2) is 9.97 Å². The monoisotopic (exact) mass is 593 g/mol. The van der Waals surface area contributed by atoms with Gasteiger partial charge in [0, 0.05) is 54.2 Å². The number of carbonyl (C=O) groups excluding carboxylic acids is 2. The summed E-state index contributed by atoms with van der Waals surface area (Å²) in [6.45, 7) is 13.0. The van der Waals surface area contributed by atoms with Gasteiger partial charge >= 0.3 is 0 Å². The number of ether oxygens (including phenoxy) is 1. The van der Waals surface area contributed by atoms with Crippen LogP contribution in [0.25, 0.3) is 11.4 Å². The Hall–Kier alpha value is -4.67. The number of aromatic nitrogens is 3. The number of carbonyl (C=O) groups is 2. The fourth-order valence-corrected chi connectivity index (χ4v) is 4.90. The third-order valence-electron chi connectivity index (χ3n) is 7.63. The Morgan fingerprint density at radius 1 is 0.886 bits per heavy atom. The van der Waals surface area contributed by atoms with E-state index >= 15 is 0 Å². The summed E-state index contributed by atoms with van der Waals surface area (Å²) in [6, 6.07) is 20.5. The molecule has 2 amide bonds. The van der Waals surface area contributed by atoms with Gasteiger partial charge in [-0.2, -0.15) is 4.98 Å². The molecule has 10 nitrogen and oxygen atoms in total. The van der Waals surface area contributed by atoms with Crippen molar-refractivity contribution >= 4 is 29.1 Å². The highest BCUT2D eigenvalue weighted by Crippen LogP contribution is 2.28. The van der Waals surface area contributed by atoms with Gasteiger partial charge in [0.05, 0.1) is 13.2 Å². The van der Waals surface area contributed by atoms with Crippen LogP contribution in [0.2, 0.25) is 0 Å².